The van der Waals surface area contributed by atoms with Crippen LogP contribution in [0.1, 0.15) is 35.2 Å². The maximum absolute atomic E-state index is 13.4. The lowest BCUT2D eigenvalue weighted by molar-refractivity contribution is -0.140. The number of carbonyl (C=O) groups excluding carboxylic acids is 1. The lowest BCUT2D eigenvalue weighted by Gasteiger charge is -2.14. The van der Waals surface area contributed by atoms with Gasteiger partial charge in [0.25, 0.3) is 5.91 Å². The zero-order chi connectivity index (χ0) is 16.0. The minimum atomic E-state index is -1.26. The smallest absolute Gasteiger partial charge is 0.326 e. The van der Waals surface area contributed by atoms with Gasteiger partial charge in [-0.2, -0.15) is 0 Å². The summed E-state index contributed by atoms with van der Waals surface area (Å²) in [6.45, 7) is 1.54. The van der Waals surface area contributed by atoms with E-state index in [9.17, 15) is 18.8 Å². The first-order chi connectivity index (χ1) is 9.81. The van der Waals surface area contributed by atoms with Crippen LogP contribution >= 0.6 is 0 Å². The van der Waals surface area contributed by atoms with Crippen molar-refractivity contribution in [2.75, 3.05) is 0 Å². The zero-order valence-electron chi connectivity index (χ0n) is 11.4. The highest BCUT2D eigenvalue weighted by molar-refractivity contribution is 5.96. The van der Waals surface area contributed by atoms with E-state index in [-0.39, 0.29) is 24.8 Å². The van der Waals surface area contributed by atoms with Gasteiger partial charge >= 0.3 is 11.9 Å². The Kier molecular flexibility index (Phi) is 5.83. The van der Waals surface area contributed by atoms with Crippen molar-refractivity contribution >= 4 is 17.8 Å². The summed E-state index contributed by atoms with van der Waals surface area (Å²) in [6.07, 6.45) is -0.0740. The van der Waals surface area contributed by atoms with Crippen LogP contribution < -0.4 is 5.32 Å². The predicted molar refractivity (Wildman–Crippen MR) is 71.5 cm³/mol. The number of aryl methyl sites for hydroxylation is 1. The molecule has 1 rings (SSSR count). The lowest BCUT2D eigenvalue weighted by atomic mass is 10.1. The van der Waals surface area contributed by atoms with Gasteiger partial charge in [0, 0.05) is 12.0 Å². The van der Waals surface area contributed by atoms with Gasteiger partial charge in [-0.25, -0.2) is 9.18 Å². The highest BCUT2D eigenvalue weighted by Gasteiger charge is 2.21. The number of hydrogen-bond acceptors (Lipinski definition) is 3. The van der Waals surface area contributed by atoms with E-state index in [2.05, 4.69) is 5.32 Å². The van der Waals surface area contributed by atoms with Gasteiger partial charge in [0.1, 0.15) is 11.9 Å². The second kappa shape index (κ2) is 7.37. The number of carbonyl (C=O) groups is 3. The molecule has 1 aromatic rings. The second-order valence-electron chi connectivity index (χ2n) is 4.61. The third-order valence-electron chi connectivity index (χ3n) is 2.92. The Labute approximate surface area is 120 Å². The number of hydrogen-bond donors (Lipinski definition) is 3. The normalized spacial score (nSPS) is 11.7. The van der Waals surface area contributed by atoms with Crippen LogP contribution in [0.25, 0.3) is 0 Å². The Bertz CT molecular complexity index is 558. The molecule has 1 aromatic carbocycles. The van der Waals surface area contributed by atoms with E-state index in [1.165, 1.54) is 12.1 Å². The summed E-state index contributed by atoms with van der Waals surface area (Å²) < 4.78 is 13.4. The number of halogens is 1. The van der Waals surface area contributed by atoms with E-state index >= 15 is 0 Å². The summed E-state index contributed by atoms with van der Waals surface area (Å²) >= 11 is 0. The van der Waals surface area contributed by atoms with E-state index < -0.39 is 29.7 Å². The van der Waals surface area contributed by atoms with Gasteiger partial charge in [-0.3, -0.25) is 9.59 Å². The van der Waals surface area contributed by atoms with Crippen LogP contribution in [-0.2, 0) is 9.59 Å². The van der Waals surface area contributed by atoms with Crippen LogP contribution in [0.3, 0.4) is 0 Å². The molecule has 0 fully saturated rings. The average molecular weight is 297 g/mol. The van der Waals surface area contributed by atoms with Gasteiger partial charge in [-0.15, -0.1) is 0 Å². The lowest BCUT2D eigenvalue weighted by Crippen LogP contribution is -2.40. The number of aliphatic carboxylic acids is 2. The molecule has 7 heteroatoms. The fourth-order valence-electron chi connectivity index (χ4n) is 1.69. The summed E-state index contributed by atoms with van der Waals surface area (Å²) in [5.74, 6) is -3.57. The molecule has 0 aliphatic rings. The molecule has 0 aliphatic carbocycles. The molecule has 0 bridgehead atoms. The summed E-state index contributed by atoms with van der Waals surface area (Å²) in [6, 6.07) is 2.64. The topological polar surface area (TPSA) is 104 Å². The quantitative estimate of drug-likeness (QED) is 0.708. The molecule has 1 atom stereocenters. The van der Waals surface area contributed by atoms with Crippen LogP contribution in [0.5, 0.6) is 0 Å². The van der Waals surface area contributed by atoms with E-state index in [0.717, 1.165) is 6.07 Å². The highest BCUT2D eigenvalue weighted by atomic mass is 19.1. The van der Waals surface area contributed by atoms with E-state index in [4.69, 9.17) is 10.2 Å². The van der Waals surface area contributed by atoms with Crippen LogP contribution in [0.4, 0.5) is 4.39 Å². The van der Waals surface area contributed by atoms with Crippen molar-refractivity contribution in [3.8, 4) is 0 Å². The molecule has 1 amide bonds. The molecule has 0 aliphatic heterocycles. The van der Waals surface area contributed by atoms with Gasteiger partial charge < -0.3 is 15.5 Å². The van der Waals surface area contributed by atoms with Gasteiger partial charge in [-0.05, 0) is 37.5 Å². The summed E-state index contributed by atoms with van der Waals surface area (Å²) in [5.41, 5.74) is 0.394. The molecule has 0 radical (unpaired) electrons. The molecule has 0 heterocycles. The molecule has 114 valence electrons. The van der Waals surface area contributed by atoms with Crippen molar-refractivity contribution in [2.24, 2.45) is 0 Å². The van der Waals surface area contributed by atoms with Crippen molar-refractivity contribution in [3.05, 3.63) is 35.1 Å². The molecule has 0 saturated heterocycles. The van der Waals surface area contributed by atoms with E-state index in [1.807, 2.05) is 0 Å². The predicted octanol–water partition coefficient (Wildman–Crippen LogP) is 1.57. The average Bonchev–Trinajstić information content (AvgIpc) is 2.40. The van der Waals surface area contributed by atoms with E-state index in [1.54, 1.807) is 6.92 Å². The molecule has 0 aromatic heterocycles. The Morgan fingerprint density at radius 1 is 1.29 bits per heavy atom. The Balaban J connectivity index is 2.69. The maximum Gasteiger partial charge on any atom is 0.326 e. The van der Waals surface area contributed by atoms with Crippen LogP contribution in [0.2, 0.25) is 0 Å². The molecule has 21 heavy (non-hydrogen) atoms. The minimum absolute atomic E-state index is 0.0122. The van der Waals surface area contributed by atoms with Crippen molar-refractivity contribution < 1.29 is 29.0 Å². The first kappa shape index (κ1) is 16.6. The third kappa shape index (κ3) is 5.21. The number of carboxylic acids is 2. The molecular weight excluding hydrogens is 281 g/mol. The van der Waals surface area contributed by atoms with Crippen molar-refractivity contribution in [1.82, 2.24) is 5.32 Å². The third-order valence-corrected chi connectivity index (χ3v) is 2.92. The first-order valence-corrected chi connectivity index (χ1v) is 6.33. The number of amides is 1. The van der Waals surface area contributed by atoms with Gasteiger partial charge in [0.2, 0.25) is 0 Å². The summed E-state index contributed by atoms with van der Waals surface area (Å²) in [4.78, 5) is 33.3. The summed E-state index contributed by atoms with van der Waals surface area (Å²) in [7, 11) is 0. The standard InChI is InChI=1S/C14H16FNO5/c1-8-5-6-9(7-10(8)15)13(19)16-11(14(20)21)3-2-4-12(17)18/h5-7,11H,2-4H2,1H3,(H,16,19)(H,17,18)(H,20,21)/t11-/m1/s1. The molecular formula is C14H16FNO5. The monoisotopic (exact) mass is 297 g/mol. The molecule has 0 spiro atoms. The zero-order valence-corrected chi connectivity index (χ0v) is 11.4. The van der Waals surface area contributed by atoms with Crippen LogP contribution in [0, 0.1) is 12.7 Å². The van der Waals surface area contributed by atoms with E-state index in [0.29, 0.717) is 5.56 Å². The fourth-order valence-corrected chi connectivity index (χ4v) is 1.69. The van der Waals surface area contributed by atoms with Crippen LogP contribution in [-0.4, -0.2) is 34.1 Å². The fraction of sp³-hybridized carbons (Fsp3) is 0.357. The number of benzene rings is 1. The van der Waals surface area contributed by atoms with Crippen LogP contribution in [0.15, 0.2) is 18.2 Å². The molecule has 0 saturated carbocycles. The molecule has 3 N–H and O–H groups in total. The molecule has 0 unspecified atom stereocenters. The van der Waals surface area contributed by atoms with Crippen molar-refractivity contribution in [2.45, 2.75) is 32.2 Å². The first-order valence-electron chi connectivity index (χ1n) is 6.33. The highest BCUT2D eigenvalue weighted by Crippen LogP contribution is 2.10. The second-order valence-corrected chi connectivity index (χ2v) is 4.61. The Hall–Kier alpha value is -2.44. The van der Waals surface area contributed by atoms with Gasteiger partial charge in [-0.1, -0.05) is 6.07 Å². The Morgan fingerprint density at radius 2 is 1.95 bits per heavy atom. The molecule has 6 nitrogen and oxygen atoms in total. The van der Waals surface area contributed by atoms with Crippen molar-refractivity contribution in [3.63, 3.8) is 0 Å². The maximum atomic E-state index is 13.4. The largest absolute Gasteiger partial charge is 0.481 e. The summed E-state index contributed by atoms with van der Waals surface area (Å²) in [5, 5.41) is 19.8. The number of nitrogens with one attached hydrogen (secondary N) is 1. The van der Waals surface area contributed by atoms with Crippen molar-refractivity contribution in [1.29, 1.82) is 0 Å². The minimum Gasteiger partial charge on any atom is -0.481 e. The number of rotatable bonds is 7. The van der Waals surface area contributed by atoms with Gasteiger partial charge in [0.15, 0.2) is 0 Å². The number of carboxylic acid groups (broad SMARTS) is 2. The Morgan fingerprint density at radius 3 is 2.48 bits per heavy atom. The SMILES string of the molecule is Cc1ccc(C(=O)N[C@H](CCCC(=O)O)C(=O)O)cc1F. The van der Waals surface area contributed by atoms with Gasteiger partial charge in [0.05, 0.1) is 0 Å².